The predicted molar refractivity (Wildman–Crippen MR) is 113 cm³/mol. The van der Waals surface area contributed by atoms with Crippen molar-refractivity contribution in [2.24, 2.45) is 5.41 Å². The quantitative estimate of drug-likeness (QED) is 0.471. The van der Waals surface area contributed by atoms with E-state index < -0.39 is 0 Å². The zero-order valence-corrected chi connectivity index (χ0v) is 17.6. The highest BCUT2D eigenvalue weighted by Gasteiger charge is 2.37. The number of hydrogen-bond acceptors (Lipinski definition) is 3. The Kier molecular flexibility index (Phi) is 5.13. The molecule has 1 aromatic heterocycles. The second-order valence-corrected chi connectivity index (χ2v) is 8.97. The highest BCUT2D eigenvalue weighted by atomic mass is 127. The van der Waals surface area contributed by atoms with E-state index in [0.29, 0.717) is 15.5 Å². The van der Waals surface area contributed by atoms with Gasteiger partial charge in [0, 0.05) is 18.7 Å². The van der Waals surface area contributed by atoms with Crippen molar-refractivity contribution in [2.45, 2.75) is 38.5 Å². The molecule has 2 aromatic rings. The van der Waals surface area contributed by atoms with Crippen molar-refractivity contribution in [1.82, 2.24) is 9.97 Å². The van der Waals surface area contributed by atoms with Crippen molar-refractivity contribution in [1.29, 1.82) is 0 Å². The maximum Gasteiger partial charge on any atom is 0.148 e. The normalized spacial score (nSPS) is 19.6. The van der Waals surface area contributed by atoms with Gasteiger partial charge in [0.2, 0.25) is 0 Å². The van der Waals surface area contributed by atoms with Crippen LogP contribution < -0.4 is 4.90 Å². The van der Waals surface area contributed by atoms with Gasteiger partial charge in [-0.3, -0.25) is 0 Å². The van der Waals surface area contributed by atoms with Gasteiger partial charge in [-0.05, 0) is 59.8 Å². The molecule has 1 aliphatic carbocycles. The second-order valence-electron chi connectivity index (χ2n) is 7.16. The van der Waals surface area contributed by atoms with Crippen LogP contribution in [-0.4, -0.2) is 23.1 Å². The van der Waals surface area contributed by atoms with E-state index in [0.717, 1.165) is 33.9 Å². The Morgan fingerprint density at radius 3 is 2.44 bits per heavy atom. The zero-order chi connectivity index (χ0) is 17.4. The SMILES string of the molecule is Clc1cccc(-c2ncc(N3CCC4(CCCC4)CC3)nc2I)c1Cl. The summed E-state index contributed by atoms with van der Waals surface area (Å²) in [6, 6.07) is 5.61. The van der Waals surface area contributed by atoms with Crippen LogP contribution in [0, 0.1) is 9.12 Å². The molecule has 6 heteroatoms. The summed E-state index contributed by atoms with van der Waals surface area (Å²) < 4.78 is 0.861. The third-order valence-corrected chi connectivity index (χ3v) is 7.31. The van der Waals surface area contributed by atoms with Gasteiger partial charge in [0.15, 0.2) is 0 Å². The van der Waals surface area contributed by atoms with E-state index in [-0.39, 0.29) is 0 Å². The largest absolute Gasteiger partial charge is 0.355 e. The fourth-order valence-corrected chi connectivity index (χ4v) is 5.28. The molecule has 1 aliphatic heterocycles. The molecule has 0 unspecified atom stereocenters. The molecular weight excluding hydrogens is 468 g/mol. The summed E-state index contributed by atoms with van der Waals surface area (Å²) >= 11 is 14.7. The standard InChI is InChI=1S/C19H20Cl2IN3/c20-14-5-3-4-13(16(14)21)17-18(22)24-15(12-23-17)25-10-8-19(9-11-25)6-1-2-7-19/h3-5,12H,1-2,6-11H2. The van der Waals surface area contributed by atoms with Gasteiger partial charge in [0.1, 0.15) is 15.2 Å². The van der Waals surface area contributed by atoms with Gasteiger partial charge in [-0.1, -0.05) is 48.2 Å². The molecule has 25 heavy (non-hydrogen) atoms. The Morgan fingerprint density at radius 1 is 1.04 bits per heavy atom. The average molecular weight is 488 g/mol. The Bertz CT molecular complexity index is 780. The van der Waals surface area contributed by atoms with Crippen LogP contribution in [0.1, 0.15) is 38.5 Å². The molecule has 2 aliphatic rings. The molecule has 0 radical (unpaired) electrons. The monoisotopic (exact) mass is 487 g/mol. The zero-order valence-electron chi connectivity index (χ0n) is 13.9. The summed E-state index contributed by atoms with van der Waals surface area (Å²) in [4.78, 5) is 11.8. The third kappa shape index (κ3) is 3.50. The Hall–Kier alpha value is -0.590. The molecule has 132 valence electrons. The van der Waals surface area contributed by atoms with Gasteiger partial charge in [0.25, 0.3) is 0 Å². The van der Waals surface area contributed by atoms with Crippen molar-refractivity contribution in [3.8, 4) is 11.3 Å². The summed E-state index contributed by atoms with van der Waals surface area (Å²) in [6.07, 6.45) is 10.1. The van der Waals surface area contributed by atoms with E-state index in [9.17, 15) is 0 Å². The number of rotatable bonds is 2. The lowest BCUT2D eigenvalue weighted by Crippen LogP contribution is -2.39. The molecule has 1 saturated carbocycles. The van der Waals surface area contributed by atoms with Crippen LogP contribution in [0.5, 0.6) is 0 Å². The number of nitrogens with zero attached hydrogens (tertiary/aromatic N) is 3. The molecule has 1 saturated heterocycles. The fraction of sp³-hybridized carbons (Fsp3) is 0.474. The first-order valence-electron chi connectivity index (χ1n) is 8.80. The molecular formula is C19H20Cl2IN3. The molecule has 2 heterocycles. The molecule has 2 fully saturated rings. The fourth-order valence-electron chi connectivity index (χ4n) is 4.21. The van der Waals surface area contributed by atoms with Crippen LogP contribution in [0.3, 0.4) is 0 Å². The minimum Gasteiger partial charge on any atom is -0.355 e. The molecule has 3 nitrogen and oxygen atoms in total. The first kappa shape index (κ1) is 17.8. The third-order valence-electron chi connectivity index (χ3n) is 5.74. The van der Waals surface area contributed by atoms with Crippen LogP contribution >= 0.6 is 45.8 Å². The van der Waals surface area contributed by atoms with Crippen LogP contribution in [0.4, 0.5) is 5.82 Å². The summed E-state index contributed by atoms with van der Waals surface area (Å²) in [7, 11) is 0. The van der Waals surface area contributed by atoms with Gasteiger partial charge < -0.3 is 4.90 Å². The topological polar surface area (TPSA) is 29.0 Å². The van der Waals surface area contributed by atoms with Crippen molar-refractivity contribution in [3.05, 3.63) is 38.1 Å². The minimum absolute atomic E-state index is 0.533. The number of anilines is 1. The highest BCUT2D eigenvalue weighted by molar-refractivity contribution is 14.1. The number of halogens is 3. The van der Waals surface area contributed by atoms with E-state index in [1.54, 1.807) is 6.07 Å². The Balaban J connectivity index is 1.55. The molecule has 0 bridgehead atoms. The van der Waals surface area contributed by atoms with E-state index >= 15 is 0 Å². The summed E-state index contributed by atoms with van der Waals surface area (Å²) in [5, 5.41) is 1.07. The summed E-state index contributed by atoms with van der Waals surface area (Å²) in [6.45, 7) is 2.17. The molecule has 0 N–H and O–H groups in total. The van der Waals surface area contributed by atoms with Crippen LogP contribution in [-0.2, 0) is 0 Å². The van der Waals surface area contributed by atoms with Crippen LogP contribution in [0.2, 0.25) is 10.0 Å². The number of aromatic nitrogens is 2. The summed E-state index contributed by atoms with van der Waals surface area (Å²) in [5.74, 6) is 0.971. The highest BCUT2D eigenvalue weighted by Crippen LogP contribution is 2.46. The van der Waals surface area contributed by atoms with Gasteiger partial charge in [-0.25, -0.2) is 9.97 Å². The van der Waals surface area contributed by atoms with Gasteiger partial charge in [-0.15, -0.1) is 0 Å². The number of hydrogen-bond donors (Lipinski definition) is 0. The number of piperidine rings is 1. The van der Waals surface area contributed by atoms with Crippen molar-refractivity contribution < 1.29 is 0 Å². The molecule has 0 atom stereocenters. The molecule has 4 rings (SSSR count). The first-order chi connectivity index (χ1) is 12.1. The Morgan fingerprint density at radius 2 is 1.76 bits per heavy atom. The maximum absolute atomic E-state index is 6.34. The minimum atomic E-state index is 0.533. The summed E-state index contributed by atoms with van der Waals surface area (Å²) in [5.41, 5.74) is 2.24. The number of benzene rings is 1. The lowest BCUT2D eigenvalue weighted by atomic mass is 9.77. The lowest BCUT2D eigenvalue weighted by Gasteiger charge is -2.39. The van der Waals surface area contributed by atoms with Crippen molar-refractivity contribution >= 4 is 51.6 Å². The van der Waals surface area contributed by atoms with Gasteiger partial charge >= 0.3 is 0 Å². The van der Waals surface area contributed by atoms with Crippen LogP contribution in [0.15, 0.2) is 24.4 Å². The second kappa shape index (κ2) is 7.20. The average Bonchev–Trinajstić information content (AvgIpc) is 3.06. The van der Waals surface area contributed by atoms with Crippen LogP contribution in [0.25, 0.3) is 11.3 Å². The maximum atomic E-state index is 6.34. The van der Waals surface area contributed by atoms with Gasteiger partial charge in [0.05, 0.1) is 16.2 Å². The van der Waals surface area contributed by atoms with Crippen molar-refractivity contribution in [2.75, 3.05) is 18.0 Å². The smallest absolute Gasteiger partial charge is 0.148 e. The van der Waals surface area contributed by atoms with E-state index in [2.05, 4.69) is 32.5 Å². The lowest BCUT2D eigenvalue weighted by molar-refractivity contribution is 0.226. The van der Waals surface area contributed by atoms with E-state index in [4.69, 9.17) is 28.2 Å². The van der Waals surface area contributed by atoms with Crippen molar-refractivity contribution in [3.63, 3.8) is 0 Å². The van der Waals surface area contributed by atoms with E-state index in [1.807, 2.05) is 18.3 Å². The molecule has 1 aromatic carbocycles. The predicted octanol–water partition coefficient (Wildman–Crippen LogP) is 6.22. The molecule has 0 amide bonds. The Labute approximate surface area is 172 Å². The van der Waals surface area contributed by atoms with Gasteiger partial charge in [-0.2, -0.15) is 0 Å². The molecule has 1 spiro atoms. The first-order valence-corrected chi connectivity index (χ1v) is 10.6. The van der Waals surface area contributed by atoms with E-state index in [1.165, 1.54) is 38.5 Å².